The molecule has 0 amide bonds. The molecule has 6 aliphatic rings. The molecule has 0 spiro atoms. The molecule has 0 aromatic carbocycles. The third kappa shape index (κ3) is 7.95. The zero-order valence-electron chi connectivity index (χ0n) is 34.3. The maximum absolute atomic E-state index is 12.0. The second kappa shape index (κ2) is 17.5. The molecule has 56 heavy (non-hydrogen) atoms. The molecular weight excluding hydrogens is 728 g/mol. The van der Waals surface area contributed by atoms with E-state index in [1.54, 1.807) is 0 Å². The van der Waals surface area contributed by atoms with Crippen molar-refractivity contribution in [3.63, 3.8) is 0 Å². The summed E-state index contributed by atoms with van der Waals surface area (Å²) in [7, 11) is 2.79. The molecule has 4 aliphatic carbocycles. The van der Waals surface area contributed by atoms with E-state index in [0.29, 0.717) is 25.2 Å². The molecule has 14 nitrogen and oxygen atoms in total. The number of aliphatic hydroxyl groups is 8. The van der Waals surface area contributed by atoms with E-state index in [4.69, 9.17) is 28.4 Å². The van der Waals surface area contributed by atoms with Crippen LogP contribution in [0.2, 0.25) is 0 Å². The molecular formula is C42H70O14. The van der Waals surface area contributed by atoms with Crippen molar-refractivity contribution >= 4 is 0 Å². The zero-order chi connectivity index (χ0) is 41.0. The van der Waals surface area contributed by atoms with Gasteiger partial charge in [0.1, 0.15) is 54.9 Å². The SMILES string of the molecule is C=C(CC[C@@H](C)[C@H]1[C@H](O[C@@H]2O[C@@H]([C@H](O)COC)[C@H](O[C@@H]3O[C@@H]([C@H](O)COC)[C@H](O)[C@H]3O)[C@H]2O)CC2=C3[C@@H](O)[C@@H](O)[C@H]4C[C@H](O)CC[C@]4(C)[C@H]3CC[C@@]21C)C(C)C. The number of allylic oxidation sites excluding steroid dienone is 1. The number of hydrogen-bond acceptors (Lipinski definition) is 14. The van der Waals surface area contributed by atoms with Gasteiger partial charge in [-0.25, -0.2) is 0 Å². The number of ether oxygens (including phenoxy) is 6. The molecule has 2 saturated heterocycles. The van der Waals surface area contributed by atoms with Gasteiger partial charge in [-0.1, -0.05) is 52.3 Å². The van der Waals surface area contributed by atoms with Gasteiger partial charge < -0.3 is 69.3 Å². The fraction of sp³-hybridized carbons (Fsp3) is 0.905. The topological polar surface area (TPSA) is 217 Å². The van der Waals surface area contributed by atoms with Gasteiger partial charge in [0.25, 0.3) is 0 Å². The molecule has 322 valence electrons. The Morgan fingerprint density at radius 1 is 0.821 bits per heavy atom. The molecule has 2 heterocycles. The van der Waals surface area contributed by atoms with Crippen LogP contribution < -0.4 is 0 Å². The zero-order valence-corrected chi connectivity index (χ0v) is 34.3. The van der Waals surface area contributed by atoms with Gasteiger partial charge in [0.2, 0.25) is 0 Å². The van der Waals surface area contributed by atoms with Gasteiger partial charge in [0, 0.05) is 14.2 Å². The van der Waals surface area contributed by atoms with Gasteiger partial charge in [0.05, 0.1) is 31.5 Å². The summed E-state index contributed by atoms with van der Waals surface area (Å²) in [5, 5.41) is 89.3. The Morgan fingerprint density at radius 2 is 1.45 bits per heavy atom. The molecule has 0 radical (unpaired) electrons. The van der Waals surface area contributed by atoms with E-state index in [1.165, 1.54) is 14.2 Å². The van der Waals surface area contributed by atoms with Gasteiger partial charge >= 0.3 is 0 Å². The summed E-state index contributed by atoms with van der Waals surface area (Å²) in [5.74, 6) is 0.191. The van der Waals surface area contributed by atoms with E-state index < -0.39 is 91.2 Å². The number of fused-ring (bicyclic) bond motifs is 4. The van der Waals surface area contributed by atoms with E-state index in [1.807, 2.05) is 0 Å². The van der Waals surface area contributed by atoms with Gasteiger partial charge in [-0.15, -0.1) is 0 Å². The third-order valence-electron chi connectivity index (χ3n) is 15.0. The fourth-order valence-electron chi connectivity index (χ4n) is 11.7. The molecule has 0 unspecified atom stereocenters. The van der Waals surface area contributed by atoms with Crippen LogP contribution in [0, 0.1) is 40.4 Å². The monoisotopic (exact) mass is 798 g/mol. The molecule has 20 atom stereocenters. The Balaban J connectivity index is 1.31. The van der Waals surface area contributed by atoms with Crippen LogP contribution >= 0.6 is 0 Å². The summed E-state index contributed by atoms with van der Waals surface area (Å²) in [6.45, 7) is 14.9. The van der Waals surface area contributed by atoms with Crippen LogP contribution in [-0.4, -0.2) is 154 Å². The summed E-state index contributed by atoms with van der Waals surface area (Å²) in [6.07, 6.45) is -11.0. The van der Waals surface area contributed by atoms with Crippen LogP contribution in [0.3, 0.4) is 0 Å². The first-order valence-electron chi connectivity index (χ1n) is 20.8. The van der Waals surface area contributed by atoms with Crippen LogP contribution in [0.25, 0.3) is 0 Å². The van der Waals surface area contributed by atoms with Crippen LogP contribution in [-0.2, 0) is 28.4 Å². The van der Waals surface area contributed by atoms with Crippen LogP contribution in [0.15, 0.2) is 23.3 Å². The summed E-state index contributed by atoms with van der Waals surface area (Å²) in [4.78, 5) is 0. The highest BCUT2D eigenvalue weighted by Gasteiger charge is 2.63. The summed E-state index contributed by atoms with van der Waals surface area (Å²) >= 11 is 0. The summed E-state index contributed by atoms with van der Waals surface area (Å²) in [5.41, 5.74) is 2.46. The van der Waals surface area contributed by atoms with Gasteiger partial charge in [-0.05, 0) is 97.4 Å². The Kier molecular flexibility index (Phi) is 13.9. The lowest BCUT2D eigenvalue weighted by Crippen LogP contribution is -2.58. The molecule has 8 N–H and O–H groups in total. The smallest absolute Gasteiger partial charge is 0.187 e. The van der Waals surface area contributed by atoms with Crippen LogP contribution in [0.4, 0.5) is 0 Å². The minimum absolute atomic E-state index is 0.0380. The van der Waals surface area contributed by atoms with Crippen molar-refractivity contribution in [2.45, 2.75) is 172 Å². The van der Waals surface area contributed by atoms with E-state index in [-0.39, 0.29) is 42.3 Å². The van der Waals surface area contributed by atoms with Crippen molar-refractivity contribution < 1.29 is 69.3 Å². The van der Waals surface area contributed by atoms with Crippen LogP contribution in [0.5, 0.6) is 0 Å². The highest BCUT2D eigenvalue weighted by atomic mass is 16.8. The third-order valence-corrected chi connectivity index (χ3v) is 15.0. The predicted molar refractivity (Wildman–Crippen MR) is 203 cm³/mol. The molecule has 0 aromatic heterocycles. The molecule has 6 rings (SSSR count). The maximum Gasteiger partial charge on any atom is 0.187 e. The summed E-state index contributed by atoms with van der Waals surface area (Å²) < 4.78 is 35.2. The lowest BCUT2D eigenvalue weighted by atomic mass is 9.47. The van der Waals surface area contributed by atoms with Crippen molar-refractivity contribution in [3.05, 3.63) is 23.3 Å². The molecule has 2 aliphatic heterocycles. The number of hydrogen-bond donors (Lipinski definition) is 8. The highest BCUT2D eigenvalue weighted by molar-refractivity contribution is 5.39. The van der Waals surface area contributed by atoms with Crippen LogP contribution in [0.1, 0.15) is 86.0 Å². The molecule has 3 saturated carbocycles. The average Bonchev–Trinajstić information content (AvgIpc) is 3.73. The largest absolute Gasteiger partial charge is 0.393 e. The first-order valence-corrected chi connectivity index (χ1v) is 20.8. The first-order chi connectivity index (χ1) is 26.4. The molecule has 0 bridgehead atoms. The maximum atomic E-state index is 12.0. The van der Waals surface area contributed by atoms with Gasteiger partial charge in [0.15, 0.2) is 12.6 Å². The Bertz CT molecular complexity index is 1390. The lowest BCUT2D eigenvalue weighted by Gasteiger charge is -2.59. The van der Waals surface area contributed by atoms with Crippen molar-refractivity contribution in [2.75, 3.05) is 27.4 Å². The number of rotatable bonds is 15. The minimum atomic E-state index is -1.59. The van der Waals surface area contributed by atoms with E-state index in [9.17, 15) is 40.9 Å². The van der Waals surface area contributed by atoms with E-state index in [2.05, 4.69) is 41.2 Å². The Labute approximate surface area is 331 Å². The standard InChI is InChI=1S/C42H70O14/c1-19(2)20(3)9-10-21(4)30-28(16-24-29-23(12-14-42(24,30)6)41(5)13-11-22(43)15-25(41)31(46)32(29)47)53-40-35(50)38(37(55-40)27(45)18-52-8)56-39-34(49)33(48)36(54-39)26(44)17-51-7/h19,21-23,25-28,30-40,43-50H,3,9-18H2,1-2,4-8H3/t21-,22-,23+,25-,26-,27-,28-,30+,31+,32-,33-,34-,35-,36+,37+,38-,39+,40-,41-,42+/m1/s1. The van der Waals surface area contributed by atoms with E-state index >= 15 is 0 Å². The van der Waals surface area contributed by atoms with Crippen molar-refractivity contribution in [3.8, 4) is 0 Å². The Morgan fingerprint density at radius 3 is 2.09 bits per heavy atom. The van der Waals surface area contributed by atoms with Gasteiger partial charge in [-0.3, -0.25) is 0 Å². The normalized spacial score (nSPS) is 46.8. The predicted octanol–water partition coefficient (Wildman–Crippen LogP) is 1.57. The fourth-order valence-corrected chi connectivity index (χ4v) is 11.7. The van der Waals surface area contributed by atoms with Crippen molar-refractivity contribution in [1.82, 2.24) is 0 Å². The van der Waals surface area contributed by atoms with E-state index in [0.717, 1.165) is 48.8 Å². The quantitative estimate of drug-likeness (QED) is 0.111. The minimum Gasteiger partial charge on any atom is -0.393 e. The molecule has 5 fully saturated rings. The van der Waals surface area contributed by atoms with Crippen molar-refractivity contribution in [2.24, 2.45) is 40.4 Å². The molecule has 14 heteroatoms. The second-order valence-corrected chi connectivity index (χ2v) is 18.7. The Hall–Kier alpha value is -1.08. The van der Waals surface area contributed by atoms with Crippen molar-refractivity contribution in [1.29, 1.82) is 0 Å². The summed E-state index contributed by atoms with van der Waals surface area (Å²) in [6, 6.07) is 0. The second-order valence-electron chi connectivity index (χ2n) is 18.7. The number of aliphatic hydroxyl groups excluding tert-OH is 8. The number of methoxy groups -OCH3 is 2. The first kappa shape index (κ1) is 44.5. The molecule has 0 aromatic rings. The average molecular weight is 799 g/mol. The highest BCUT2D eigenvalue weighted by Crippen LogP contribution is 2.66. The van der Waals surface area contributed by atoms with Gasteiger partial charge in [-0.2, -0.15) is 0 Å². The lowest BCUT2D eigenvalue weighted by molar-refractivity contribution is -0.226.